The van der Waals surface area contributed by atoms with Crippen molar-refractivity contribution in [1.29, 1.82) is 0 Å². The number of aliphatic carboxylic acids is 1. The van der Waals surface area contributed by atoms with Crippen molar-refractivity contribution >= 4 is 39.2 Å². The molecule has 0 saturated heterocycles. The fourth-order valence-electron chi connectivity index (χ4n) is 4.03. The Hall–Kier alpha value is -3.53. The van der Waals surface area contributed by atoms with Crippen LogP contribution in [0.25, 0.3) is 10.1 Å². The van der Waals surface area contributed by atoms with E-state index >= 15 is 0 Å². The predicted octanol–water partition coefficient (Wildman–Crippen LogP) is 4.36. The van der Waals surface area contributed by atoms with Crippen LogP contribution in [0.3, 0.4) is 0 Å². The number of fused-ring (bicyclic) bond motifs is 1. The molecule has 3 N–H and O–H groups in total. The van der Waals surface area contributed by atoms with Gasteiger partial charge in [-0.05, 0) is 67.5 Å². The highest BCUT2D eigenvalue weighted by Crippen LogP contribution is 2.29. The van der Waals surface area contributed by atoms with Crippen LogP contribution in [0.1, 0.15) is 45.7 Å². The molecular formula is C25H24F2N2O5S. The van der Waals surface area contributed by atoms with E-state index in [-0.39, 0.29) is 48.1 Å². The zero-order chi connectivity index (χ0) is 24.9. The van der Waals surface area contributed by atoms with Crippen molar-refractivity contribution in [2.24, 2.45) is 5.92 Å². The number of carbonyl (C=O) groups is 3. The Morgan fingerprint density at radius 2 is 1.66 bits per heavy atom. The number of carboxylic acids is 1. The third-order valence-electron chi connectivity index (χ3n) is 5.91. The SMILES string of the molecule is O=C(NCCNC(=O)c1ccc(O[C@H]2CC[C@@H](C(=O)O)CC2)cc1F)c1cc2cc(F)ccc2s1. The predicted molar refractivity (Wildman–Crippen MR) is 127 cm³/mol. The summed E-state index contributed by atoms with van der Waals surface area (Å²) >= 11 is 1.24. The van der Waals surface area contributed by atoms with Crippen LogP contribution in [0.2, 0.25) is 0 Å². The maximum absolute atomic E-state index is 14.5. The van der Waals surface area contributed by atoms with Gasteiger partial charge >= 0.3 is 5.97 Å². The van der Waals surface area contributed by atoms with Crippen LogP contribution in [0.4, 0.5) is 8.78 Å². The molecule has 1 fully saturated rings. The molecule has 0 unspecified atom stereocenters. The summed E-state index contributed by atoms with van der Waals surface area (Å²) in [5.41, 5.74) is -0.148. The number of benzene rings is 2. The third-order valence-corrected chi connectivity index (χ3v) is 7.02. The Balaban J connectivity index is 1.23. The molecule has 0 bridgehead atoms. The molecule has 0 radical (unpaired) electrons. The Morgan fingerprint density at radius 1 is 0.943 bits per heavy atom. The van der Waals surface area contributed by atoms with Crippen molar-refractivity contribution in [2.45, 2.75) is 31.8 Å². The summed E-state index contributed by atoms with van der Waals surface area (Å²) in [6.45, 7) is 0.226. The summed E-state index contributed by atoms with van der Waals surface area (Å²) < 4.78 is 34.4. The molecule has 3 aromatic rings. The number of ether oxygens (including phenoxy) is 1. The topological polar surface area (TPSA) is 105 Å². The number of hydrogen-bond acceptors (Lipinski definition) is 5. The van der Waals surface area contributed by atoms with E-state index in [2.05, 4.69) is 10.6 Å². The van der Waals surface area contributed by atoms with E-state index in [1.54, 1.807) is 12.1 Å². The first-order valence-electron chi connectivity index (χ1n) is 11.2. The molecule has 2 aromatic carbocycles. The minimum absolute atomic E-state index is 0.0919. The molecule has 2 amide bonds. The fourth-order valence-corrected chi connectivity index (χ4v) is 4.99. The molecule has 0 atom stereocenters. The lowest BCUT2D eigenvalue weighted by Gasteiger charge is -2.26. The Labute approximate surface area is 204 Å². The van der Waals surface area contributed by atoms with Gasteiger partial charge in [0.25, 0.3) is 11.8 Å². The van der Waals surface area contributed by atoms with Gasteiger partial charge in [-0.3, -0.25) is 14.4 Å². The standard InChI is InChI=1S/C25H24F2N2O5S/c26-16-3-8-21-15(11-16)12-22(35-21)24(31)29-10-9-28-23(30)19-7-6-18(13-20(19)27)34-17-4-1-14(2-5-17)25(32)33/h3,6-8,11-14,17H,1-2,4-5,9-10H2,(H,28,30)(H,29,31)(H,32,33)/t14-,17+. The highest BCUT2D eigenvalue weighted by molar-refractivity contribution is 7.20. The van der Waals surface area contributed by atoms with Gasteiger partial charge in [0.15, 0.2) is 0 Å². The summed E-state index contributed by atoms with van der Waals surface area (Å²) in [5, 5.41) is 14.9. The highest BCUT2D eigenvalue weighted by Gasteiger charge is 2.27. The lowest BCUT2D eigenvalue weighted by Crippen LogP contribution is -2.34. The summed E-state index contributed by atoms with van der Waals surface area (Å²) in [4.78, 5) is 36.1. The van der Waals surface area contributed by atoms with Gasteiger partial charge in [-0.25, -0.2) is 8.78 Å². The van der Waals surface area contributed by atoms with Gasteiger partial charge in [0.05, 0.1) is 22.5 Å². The maximum Gasteiger partial charge on any atom is 0.306 e. The number of nitrogens with one attached hydrogen (secondary N) is 2. The Bertz CT molecular complexity index is 1250. The maximum atomic E-state index is 14.5. The first-order valence-corrected chi connectivity index (χ1v) is 12.1. The average Bonchev–Trinajstić information content (AvgIpc) is 3.25. The fraction of sp³-hybridized carbons (Fsp3) is 0.320. The zero-order valence-electron chi connectivity index (χ0n) is 18.7. The molecule has 1 saturated carbocycles. The molecule has 35 heavy (non-hydrogen) atoms. The number of thiophene rings is 1. The second kappa shape index (κ2) is 10.8. The largest absolute Gasteiger partial charge is 0.490 e. The van der Waals surface area contributed by atoms with Crippen molar-refractivity contribution < 1.29 is 33.0 Å². The molecule has 1 heterocycles. The van der Waals surface area contributed by atoms with Crippen LogP contribution in [0.15, 0.2) is 42.5 Å². The number of carboxylic acid groups (broad SMARTS) is 1. The number of amides is 2. The van der Waals surface area contributed by atoms with Gasteiger partial charge < -0.3 is 20.5 Å². The molecular weight excluding hydrogens is 478 g/mol. The van der Waals surface area contributed by atoms with Crippen molar-refractivity contribution in [2.75, 3.05) is 13.1 Å². The van der Waals surface area contributed by atoms with Crippen molar-refractivity contribution in [3.05, 3.63) is 64.5 Å². The summed E-state index contributed by atoms with van der Waals surface area (Å²) in [5.74, 6) is -2.96. The summed E-state index contributed by atoms with van der Waals surface area (Å²) in [6, 6.07) is 9.89. The van der Waals surface area contributed by atoms with Gasteiger partial charge in [0.1, 0.15) is 17.4 Å². The molecule has 1 aromatic heterocycles. The van der Waals surface area contributed by atoms with E-state index in [9.17, 15) is 23.2 Å². The molecule has 0 spiro atoms. The molecule has 4 rings (SSSR count). The van der Waals surface area contributed by atoms with Gasteiger partial charge in [-0.1, -0.05) is 0 Å². The van der Waals surface area contributed by atoms with E-state index in [4.69, 9.17) is 9.84 Å². The third kappa shape index (κ3) is 6.13. The van der Waals surface area contributed by atoms with Crippen LogP contribution >= 0.6 is 11.3 Å². The molecule has 0 aliphatic heterocycles. The monoisotopic (exact) mass is 502 g/mol. The first-order chi connectivity index (χ1) is 16.8. The highest BCUT2D eigenvalue weighted by atomic mass is 32.1. The number of carbonyl (C=O) groups excluding carboxylic acids is 2. The van der Waals surface area contributed by atoms with E-state index in [0.29, 0.717) is 35.9 Å². The smallest absolute Gasteiger partial charge is 0.306 e. The van der Waals surface area contributed by atoms with Crippen LogP contribution in [-0.2, 0) is 4.79 Å². The summed E-state index contributed by atoms with van der Waals surface area (Å²) in [7, 11) is 0. The summed E-state index contributed by atoms with van der Waals surface area (Å²) in [6.07, 6.45) is 1.99. The quantitative estimate of drug-likeness (QED) is 0.397. The molecule has 184 valence electrons. The first kappa shape index (κ1) is 24.6. The number of halogens is 2. The van der Waals surface area contributed by atoms with Gasteiger partial charge in [-0.15, -0.1) is 11.3 Å². The molecule has 10 heteroatoms. The van der Waals surface area contributed by atoms with Gasteiger partial charge in [-0.2, -0.15) is 0 Å². The van der Waals surface area contributed by atoms with Crippen molar-refractivity contribution in [3.8, 4) is 5.75 Å². The van der Waals surface area contributed by atoms with Crippen molar-refractivity contribution in [3.63, 3.8) is 0 Å². The van der Waals surface area contributed by atoms with Crippen LogP contribution in [0, 0.1) is 17.6 Å². The minimum atomic E-state index is -0.804. The molecule has 7 nitrogen and oxygen atoms in total. The van der Waals surface area contributed by atoms with Crippen LogP contribution in [0.5, 0.6) is 5.75 Å². The second-order valence-corrected chi connectivity index (χ2v) is 9.46. The molecule has 1 aliphatic rings. The van der Waals surface area contributed by atoms with E-state index in [0.717, 1.165) is 10.8 Å². The van der Waals surface area contributed by atoms with Gasteiger partial charge in [0.2, 0.25) is 0 Å². The van der Waals surface area contributed by atoms with E-state index < -0.39 is 17.7 Å². The number of hydrogen-bond donors (Lipinski definition) is 3. The number of rotatable bonds is 8. The lowest BCUT2D eigenvalue weighted by atomic mass is 9.87. The average molecular weight is 503 g/mol. The second-order valence-electron chi connectivity index (χ2n) is 8.38. The Morgan fingerprint density at radius 3 is 2.34 bits per heavy atom. The van der Waals surface area contributed by atoms with E-state index in [1.807, 2.05) is 0 Å². The zero-order valence-corrected chi connectivity index (χ0v) is 19.5. The normalized spacial score (nSPS) is 17.7. The van der Waals surface area contributed by atoms with E-state index in [1.165, 1.54) is 35.6 Å². The van der Waals surface area contributed by atoms with Crippen LogP contribution in [-0.4, -0.2) is 42.1 Å². The van der Waals surface area contributed by atoms with Crippen LogP contribution < -0.4 is 15.4 Å². The lowest BCUT2D eigenvalue weighted by molar-refractivity contribution is -0.143. The van der Waals surface area contributed by atoms with Gasteiger partial charge in [0, 0.05) is 23.9 Å². The minimum Gasteiger partial charge on any atom is -0.490 e. The van der Waals surface area contributed by atoms with Crippen molar-refractivity contribution in [1.82, 2.24) is 10.6 Å². The Kier molecular flexibility index (Phi) is 7.60. The molecule has 1 aliphatic carbocycles.